The molecule has 6 nitrogen and oxygen atoms in total. The maximum absolute atomic E-state index is 14.2. The molecule has 1 aliphatic heterocycles. The monoisotopic (exact) mass is 538 g/mol. The summed E-state index contributed by atoms with van der Waals surface area (Å²) in [6.45, 7) is 3.99. The molecule has 1 atom stereocenters. The molecule has 0 bridgehead atoms. The van der Waals surface area contributed by atoms with E-state index in [0.29, 0.717) is 20.8 Å². The van der Waals surface area contributed by atoms with Gasteiger partial charge in [-0.05, 0) is 68.2 Å². The first-order valence-electron chi connectivity index (χ1n) is 13.1. The van der Waals surface area contributed by atoms with Crippen LogP contribution in [0, 0.1) is 0 Å². The third-order valence-electron chi connectivity index (χ3n) is 7.17. The molecule has 0 N–H and O–H groups in total. The van der Waals surface area contributed by atoms with Crippen molar-refractivity contribution in [2.24, 2.45) is 4.99 Å². The number of ether oxygens (including phenoxy) is 3. The zero-order chi connectivity index (χ0) is 27.1. The van der Waals surface area contributed by atoms with Gasteiger partial charge in [0.2, 0.25) is 0 Å². The Hall–Kier alpha value is -4.10. The second-order valence-electron chi connectivity index (χ2n) is 9.93. The lowest BCUT2D eigenvalue weighted by Crippen LogP contribution is -2.39. The molecular formula is C32H30N2O4S. The Kier molecular flexibility index (Phi) is 6.61. The molecule has 198 valence electrons. The number of allylic oxidation sites excluding steroid dienone is 1. The van der Waals surface area contributed by atoms with E-state index in [0.717, 1.165) is 46.6 Å². The quantitative estimate of drug-likeness (QED) is 0.342. The average molecular weight is 539 g/mol. The molecule has 39 heavy (non-hydrogen) atoms. The smallest absolute Gasteiger partial charge is 0.271 e. The maximum atomic E-state index is 14.2. The minimum Gasteiger partial charge on any atom is -0.497 e. The van der Waals surface area contributed by atoms with E-state index in [-0.39, 0.29) is 17.7 Å². The fourth-order valence-corrected chi connectivity index (χ4v) is 6.45. The normalized spacial score (nSPS) is 16.3. The van der Waals surface area contributed by atoms with Crippen molar-refractivity contribution in [1.29, 1.82) is 0 Å². The van der Waals surface area contributed by atoms with Crippen molar-refractivity contribution in [2.45, 2.75) is 38.8 Å². The van der Waals surface area contributed by atoms with Crippen molar-refractivity contribution in [3.63, 3.8) is 0 Å². The van der Waals surface area contributed by atoms with Crippen LogP contribution in [0.25, 0.3) is 11.8 Å². The number of fused-ring (bicyclic) bond motifs is 3. The van der Waals surface area contributed by atoms with Gasteiger partial charge in [0, 0.05) is 16.7 Å². The molecule has 7 heteroatoms. The number of para-hydroxylation sites is 1. The summed E-state index contributed by atoms with van der Waals surface area (Å²) in [6.07, 6.45) is 3.62. The third kappa shape index (κ3) is 4.46. The van der Waals surface area contributed by atoms with Crippen LogP contribution in [0.1, 0.15) is 48.6 Å². The summed E-state index contributed by atoms with van der Waals surface area (Å²) < 4.78 is 19.9. The molecule has 2 aliphatic rings. The van der Waals surface area contributed by atoms with E-state index in [1.165, 1.54) is 16.9 Å². The van der Waals surface area contributed by atoms with Gasteiger partial charge in [-0.15, -0.1) is 0 Å². The van der Waals surface area contributed by atoms with Crippen LogP contribution >= 0.6 is 11.3 Å². The highest BCUT2D eigenvalue weighted by Crippen LogP contribution is 2.44. The lowest BCUT2D eigenvalue weighted by molar-refractivity contribution is 0.242. The first-order valence-corrected chi connectivity index (χ1v) is 13.9. The summed E-state index contributed by atoms with van der Waals surface area (Å²) in [5.74, 6) is 2.17. The second-order valence-corrected chi connectivity index (χ2v) is 10.9. The second kappa shape index (κ2) is 10.2. The Morgan fingerprint density at radius 2 is 1.77 bits per heavy atom. The summed E-state index contributed by atoms with van der Waals surface area (Å²) >= 11 is 1.40. The van der Waals surface area contributed by atoms with Gasteiger partial charge in [-0.3, -0.25) is 9.36 Å². The Bertz CT molecular complexity index is 1780. The maximum Gasteiger partial charge on any atom is 0.271 e. The van der Waals surface area contributed by atoms with Crippen molar-refractivity contribution in [3.8, 4) is 17.2 Å². The topological polar surface area (TPSA) is 62.0 Å². The molecule has 0 saturated heterocycles. The number of aryl methyl sites for hydroxylation is 1. The van der Waals surface area contributed by atoms with Crippen LogP contribution in [-0.2, 0) is 6.42 Å². The van der Waals surface area contributed by atoms with Gasteiger partial charge in [0.1, 0.15) is 17.2 Å². The first-order chi connectivity index (χ1) is 19.0. The zero-order valence-corrected chi connectivity index (χ0v) is 23.2. The van der Waals surface area contributed by atoms with Gasteiger partial charge in [-0.1, -0.05) is 53.8 Å². The molecule has 2 heterocycles. The third-order valence-corrected chi connectivity index (χ3v) is 8.16. The van der Waals surface area contributed by atoms with E-state index >= 15 is 0 Å². The minimum atomic E-state index is -0.362. The molecule has 0 radical (unpaired) electrons. The number of methoxy groups -OCH3 is 2. The largest absolute Gasteiger partial charge is 0.497 e. The highest BCUT2D eigenvalue weighted by Gasteiger charge is 2.34. The minimum absolute atomic E-state index is 0.0214. The standard InChI is InChI=1S/C32H30N2O4S/c1-19(2)38-26-12-8-6-10-21(26)17-28-31(35)34-30(25-18-22(36-3)14-16-27(25)37-4)24-15-13-20-9-5-7-11-23(20)29(24)33-32(34)39-28/h5-12,14,16-19,30H,13,15H2,1-4H3. The number of hydrogen-bond acceptors (Lipinski definition) is 6. The first kappa shape index (κ1) is 25.2. The van der Waals surface area contributed by atoms with Crippen molar-refractivity contribution in [1.82, 2.24) is 4.57 Å². The van der Waals surface area contributed by atoms with Crippen molar-refractivity contribution >= 4 is 23.1 Å². The fourth-order valence-electron chi connectivity index (χ4n) is 5.45. The van der Waals surface area contributed by atoms with Crippen LogP contribution in [0.15, 0.2) is 82.1 Å². The summed E-state index contributed by atoms with van der Waals surface area (Å²) in [7, 11) is 3.31. The fraction of sp³-hybridized carbons (Fsp3) is 0.250. The SMILES string of the molecule is COc1ccc(OC)c(C2C3=C(N=c4sc(=Cc5ccccc5OC(C)C)c(=O)n42)c2ccccc2CC3)c1. The van der Waals surface area contributed by atoms with Gasteiger partial charge in [-0.25, -0.2) is 4.99 Å². The number of rotatable bonds is 6. The van der Waals surface area contributed by atoms with Gasteiger partial charge in [0.05, 0.1) is 36.6 Å². The van der Waals surface area contributed by atoms with Gasteiger partial charge in [0.15, 0.2) is 4.80 Å². The Balaban J connectivity index is 1.63. The highest BCUT2D eigenvalue weighted by atomic mass is 32.1. The van der Waals surface area contributed by atoms with Gasteiger partial charge in [0.25, 0.3) is 5.56 Å². The molecule has 0 fully saturated rings. The van der Waals surface area contributed by atoms with Crippen molar-refractivity contribution in [2.75, 3.05) is 14.2 Å². The number of aromatic nitrogens is 1. The van der Waals surface area contributed by atoms with E-state index in [9.17, 15) is 4.79 Å². The molecule has 1 aliphatic carbocycles. The molecule has 4 aromatic rings. The lowest BCUT2D eigenvalue weighted by Gasteiger charge is -2.31. The van der Waals surface area contributed by atoms with Gasteiger partial charge >= 0.3 is 0 Å². The van der Waals surface area contributed by atoms with Crippen LogP contribution in [-0.4, -0.2) is 24.9 Å². The predicted octanol–water partition coefficient (Wildman–Crippen LogP) is 5.12. The van der Waals surface area contributed by atoms with Crippen LogP contribution in [0.5, 0.6) is 17.2 Å². The van der Waals surface area contributed by atoms with E-state index in [4.69, 9.17) is 19.2 Å². The Morgan fingerprint density at radius 3 is 2.56 bits per heavy atom. The van der Waals surface area contributed by atoms with E-state index in [1.54, 1.807) is 14.2 Å². The van der Waals surface area contributed by atoms with E-state index in [1.807, 2.05) is 73.0 Å². The number of benzene rings is 3. The molecule has 1 aromatic heterocycles. The molecule has 1 unspecified atom stereocenters. The summed E-state index contributed by atoms with van der Waals surface area (Å²) in [5.41, 5.74) is 6.12. The zero-order valence-electron chi connectivity index (χ0n) is 22.4. The number of hydrogen-bond donors (Lipinski definition) is 0. The van der Waals surface area contributed by atoms with E-state index < -0.39 is 0 Å². The van der Waals surface area contributed by atoms with E-state index in [2.05, 4.69) is 18.2 Å². The van der Waals surface area contributed by atoms with Gasteiger partial charge < -0.3 is 14.2 Å². The molecule has 6 rings (SSSR count). The number of nitrogens with zero attached hydrogens (tertiary/aromatic N) is 2. The summed E-state index contributed by atoms with van der Waals surface area (Å²) in [4.78, 5) is 19.9. The Labute approximate surface area is 231 Å². The molecular weight excluding hydrogens is 508 g/mol. The summed E-state index contributed by atoms with van der Waals surface area (Å²) in [6, 6.07) is 21.6. The number of thiazole rings is 1. The molecule has 3 aromatic carbocycles. The molecule has 0 saturated carbocycles. The Morgan fingerprint density at radius 1 is 0.974 bits per heavy atom. The summed E-state index contributed by atoms with van der Waals surface area (Å²) in [5, 5.41) is 0. The van der Waals surface area contributed by atoms with Crippen molar-refractivity contribution < 1.29 is 14.2 Å². The van der Waals surface area contributed by atoms with Crippen molar-refractivity contribution in [3.05, 3.63) is 114 Å². The lowest BCUT2D eigenvalue weighted by atomic mass is 9.83. The molecule has 0 amide bonds. The molecule has 0 spiro atoms. The average Bonchev–Trinajstić information content (AvgIpc) is 3.26. The van der Waals surface area contributed by atoms with Crippen LogP contribution in [0.4, 0.5) is 0 Å². The van der Waals surface area contributed by atoms with Crippen LogP contribution in [0.3, 0.4) is 0 Å². The van der Waals surface area contributed by atoms with Crippen LogP contribution in [0.2, 0.25) is 0 Å². The predicted molar refractivity (Wildman–Crippen MR) is 155 cm³/mol. The highest BCUT2D eigenvalue weighted by molar-refractivity contribution is 7.07. The van der Waals surface area contributed by atoms with Gasteiger partial charge in [-0.2, -0.15) is 0 Å². The van der Waals surface area contributed by atoms with Crippen LogP contribution < -0.4 is 29.1 Å².